The Labute approximate surface area is 68.3 Å². The molecular formula is C5H9N5O2. The molecular weight excluding hydrogens is 162 g/mol. The topological polar surface area (TPSA) is 113 Å². The molecule has 7 heteroatoms. The van der Waals surface area contributed by atoms with Crippen LogP contribution in [0, 0.1) is 0 Å². The predicted octanol–water partition coefficient (Wildman–Crippen LogP) is -0.691. The van der Waals surface area contributed by atoms with Crippen LogP contribution < -0.4 is 11.5 Å². The van der Waals surface area contributed by atoms with Gasteiger partial charge < -0.3 is 16.3 Å². The molecule has 0 spiro atoms. The maximum absolute atomic E-state index is 5.41. The Morgan fingerprint density at radius 3 is 2.92 bits per heavy atom. The molecule has 12 heavy (non-hydrogen) atoms. The van der Waals surface area contributed by atoms with Crippen molar-refractivity contribution in [2.75, 3.05) is 12.3 Å². The Morgan fingerprint density at radius 2 is 2.42 bits per heavy atom. The van der Waals surface area contributed by atoms with E-state index >= 15 is 0 Å². The molecule has 0 atom stereocenters. The fraction of sp³-hybridized carbons (Fsp3) is 0.400. The second-order valence-corrected chi connectivity index (χ2v) is 1.89. The minimum absolute atomic E-state index is 0.0515. The number of hydrogen-bond donors (Lipinski definition) is 2. The van der Waals surface area contributed by atoms with Gasteiger partial charge in [-0.1, -0.05) is 5.16 Å². The molecule has 0 bridgehead atoms. The Kier molecular flexibility index (Phi) is 2.46. The summed E-state index contributed by atoms with van der Waals surface area (Å²) in [5.74, 6) is 0.145. The Hall–Kier alpha value is -1.79. The average molecular weight is 171 g/mol. The van der Waals surface area contributed by atoms with E-state index in [1.807, 2.05) is 0 Å². The number of hydrogen-bond acceptors (Lipinski definition) is 6. The van der Waals surface area contributed by atoms with Gasteiger partial charge in [-0.25, -0.2) is 4.63 Å². The standard InChI is InChI=1S/C5H9N5O2/c1-2-11-9-4(6)3-5(7)10-12-8-3/h2H2,1H3,(H2,6,9)(H2,7,10). The lowest BCUT2D eigenvalue weighted by Crippen LogP contribution is -2.16. The number of nitrogens with zero attached hydrogens (tertiary/aromatic N) is 3. The first-order chi connectivity index (χ1) is 5.75. The van der Waals surface area contributed by atoms with Crippen molar-refractivity contribution in [3.8, 4) is 0 Å². The van der Waals surface area contributed by atoms with Gasteiger partial charge in [-0.3, -0.25) is 0 Å². The van der Waals surface area contributed by atoms with Crippen molar-refractivity contribution in [3.05, 3.63) is 5.69 Å². The fourth-order valence-electron chi connectivity index (χ4n) is 0.551. The third-order valence-electron chi connectivity index (χ3n) is 1.05. The maximum Gasteiger partial charge on any atom is 0.199 e. The van der Waals surface area contributed by atoms with Crippen molar-refractivity contribution in [2.45, 2.75) is 6.92 Å². The molecule has 0 radical (unpaired) electrons. The first-order valence-corrected chi connectivity index (χ1v) is 3.29. The lowest BCUT2D eigenvalue weighted by Gasteiger charge is -1.94. The molecule has 0 saturated carbocycles. The molecule has 4 N–H and O–H groups in total. The molecule has 1 rings (SSSR count). The number of oxime groups is 1. The highest BCUT2D eigenvalue weighted by atomic mass is 16.6. The zero-order valence-corrected chi connectivity index (χ0v) is 6.52. The lowest BCUT2D eigenvalue weighted by atomic mass is 10.4. The van der Waals surface area contributed by atoms with Crippen molar-refractivity contribution in [3.63, 3.8) is 0 Å². The van der Waals surface area contributed by atoms with Crippen LogP contribution in [-0.4, -0.2) is 22.8 Å². The molecule has 0 aliphatic rings. The van der Waals surface area contributed by atoms with Crippen LogP contribution in [0.25, 0.3) is 0 Å². The van der Waals surface area contributed by atoms with E-state index in [9.17, 15) is 0 Å². The highest BCUT2D eigenvalue weighted by molar-refractivity contribution is 5.98. The van der Waals surface area contributed by atoms with Gasteiger partial charge in [0.05, 0.1) is 0 Å². The number of rotatable bonds is 3. The zero-order chi connectivity index (χ0) is 8.97. The number of amidine groups is 1. The molecule has 0 amide bonds. The normalized spacial score (nSPS) is 11.6. The van der Waals surface area contributed by atoms with Crippen LogP contribution in [0.15, 0.2) is 9.78 Å². The first-order valence-electron chi connectivity index (χ1n) is 3.29. The summed E-state index contributed by atoms with van der Waals surface area (Å²) < 4.78 is 4.30. The molecule has 7 nitrogen and oxygen atoms in total. The SMILES string of the molecule is CCON=C(N)c1nonc1N. The quantitative estimate of drug-likeness (QED) is 0.353. The molecule has 0 aliphatic carbocycles. The van der Waals surface area contributed by atoms with Crippen LogP contribution >= 0.6 is 0 Å². The number of nitrogen functional groups attached to an aromatic ring is 1. The van der Waals surface area contributed by atoms with E-state index in [0.29, 0.717) is 6.61 Å². The summed E-state index contributed by atoms with van der Waals surface area (Å²) in [4.78, 5) is 4.67. The summed E-state index contributed by atoms with van der Waals surface area (Å²) in [5.41, 5.74) is 10.9. The second kappa shape index (κ2) is 3.56. The molecule has 0 aliphatic heterocycles. The molecule has 0 unspecified atom stereocenters. The van der Waals surface area contributed by atoms with Crippen molar-refractivity contribution in [1.29, 1.82) is 0 Å². The van der Waals surface area contributed by atoms with Crippen LogP contribution in [0.4, 0.5) is 5.82 Å². The van der Waals surface area contributed by atoms with E-state index < -0.39 is 0 Å². The van der Waals surface area contributed by atoms with Crippen LogP contribution in [0.1, 0.15) is 12.6 Å². The highest BCUT2D eigenvalue weighted by Gasteiger charge is 2.10. The smallest absolute Gasteiger partial charge is 0.199 e. The van der Waals surface area contributed by atoms with Gasteiger partial charge in [0.25, 0.3) is 0 Å². The summed E-state index contributed by atoms with van der Waals surface area (Å²) in [6.07, 6.45) is 0. The van der Waals surface area contributed by atoms with Crippen molar-refractivity contribution >= 4 is 11.7 Å². The highest BCUT2D eigenvalue weighted by Crippen LogP contribution is 2.02. The van der Waals surface area contributed by atoms with Crippen LogP contribution in [0.2, 0.25) is 0 Å². The Balaban J connectivity index is 2.77. The molecule has 1 aromatic heterocycles. The number of aromatic nitrogens is 2. The fourth-order valence-corrected chi connectivity index (χ4v) is 0.551. The summed E-state index contributed by atoms with van der Waals surface area (Å²) in [5, 5.41) is 10.2. The zero-order valence-electron chi connectivity index (χ0n) is 6.52. The molecule has 0 aromatic carbocycles. The Morgan fingerprint density at radius 1 is 1.67 bits per heavy atom. The summed E-state index contributed by atoms with van der Waals surface area (Å²) in [7, 11) is 0. The first kappa shape index (κ1) is 8.31. The number of anilines is 1. The van der Waals surface area contributed by atoms with E-state index in [1.165, 1.54) is 0 Å². The maximum atomic E-state index is 5.41. The van der Waals surface area contributed by atoms with Gasteiger partial charge in [-0.2, -0.15) is 0 Å². The monoisotopic (exact) mass is 171 g/mol. The van der Waals surface area contributed by atoms with Crippen molar-refractivity contribution < 1.29 is 9.47 Å². The van der Waals surface area contributed by atoms with E-state index in [0.717, 1.165) is 0 Å². The third-order valence-corrected chi connectivity index (χ3v) is 1.05. The molecule has 66 valence electrons. The van der Waals surface area contributed by atoms with Gasteiger partial charge in [0.1, 0.15) is 6.61 Å². The molecule has 1 heterocycles. The van der Waals surface area contributed by atoms with E-state index in [1.54, 1.807) is 6.92 Å². The second-order valence-electron chi connectivity index (χ2n) is 1.89. The van der Waals surface area contributed by atoms with Gasteiger partial charge in [0, 0.05) is 0 Å². The van der Waals surface area contributed by atoms with Crippen molar-refractivity contribution in [2.24, 2.45) is 10.9 Å². The van der Waals surface area contributed by atoms with Gasteiger partial charge in [0.15, 0.2) is 17.3 Å². The average Bonchev–Trinajstić information content (AvgIpc) is 2.47. The summed E-state index contributed by atoms with van der Waals surface area (Å²) in [6, 6.07) is 0. The van der Waals surface area contributed by atoms with Gasteiger partial charge in [-0.15, -0.1) is 0 Å². The minimum Gasteiger partial charge on any atom is -0.394 e. The molecule has 1 aromatic rings. The molecule has 0 fully saturated rings. The van der Waals surface area contributed by atoms with E-state index in [2.05, 4.69) is 24.9 Å². The summed E-state index contributed by atoms with van der Waals surface area (Å²) >= 11 is 0. The minimum atomic E-state index is 0.0515. The van der Waals surface area contributed by atoms with Crippen LogP contribution in [0.5, 0.6) is 0 Å². The predicted molar refractivity (Wildman–Crippen MR) is 41.1 cm³/mol. The Bertz CT molecular complexity index is 281. The summed E-state index contributed by atoms with van der Waals surface area (Å²) in [6.45, 7) is 2.20. The molecule has 0 saturated heterocycles. The van der Waals surface area contributed by atoms with Crippen LogP contribution in [-0.2, 0) is 4.84 Å². The van der Waals surface area contributed by atoms with Gasteiger partial charge in [-0.05, 0) is 17.2 Å². The van der Waals surface area contributed by atoms with Gasteiger partial charge >= 0.3 is 0 Å². The van der Waals surface area contributed by atoms with E-state index in [-0.39, 0.29) is 17.3 Å². The van der Waals surface area contributed by atoms with E-state index in [4.69, 9.17) is 11.5 Å². The van der Waals surface area contributed by atoms with Crippen LogP contribution in [0.3, 0.4) is 0 Å². The lowest BCUT2D eigenvalue weighted by molar-refractivity contribution is 0.158. The largest absolute Gasteiger partial charge is 0.394 e. The third kappa shape index (κ3) is 1.62. The van der Waals surface area contributed by atoms with Crippen molar-refractivity contribution in [1.82, 2.24) is 10.3 Å². The van der Waals surface area contributed by atoms with Gasteiger partial charge in [0.2, 0.25) is 0 Å². The number of nitrogens with two attached hydrogens (primary N) is 2.